The Hall–Kier alpha value is -2.16. The number of aromatic nitrogens is 1. The molecule has 2 rings (SSSR count). The Labute approximate surface area is 106 Å². The Balaban J connectivity index is 2.24. The number of methoxy groups -OCH3 is 1. The molecule has 1 heterocycles. The number of rotatable bonds is 4. The minimum absolute atomic E-state index is 0.0415. The van der Waals surface area contributed by atoms with Gasteiger partial charge in [0.15, 0.2) is 5.78 Å². The molecule has 1 aromatic heterocycles. The van der Waals surface area contributed by atoms with Crippen LogP contribution in [-0.4, -0.2) is 17.9 Å². The topological polar surface area (TPSA) is 39.2 Å². The van der Waals surface area contributed by atoms with Gasteiger partial charge in [-0.15, -0.1) is 0 Å². The van der Waals surface area contributed by atoms with Crippen molar-refractivity contribution in [3.05, 3.63) is 59.4 Å². The number of ether oxygens (including phenoxy) is 1. The van der Waals surface area contributed by atoms with Gasteiger partial charge in [-0.05, 0) is 36.2 Å². The highest BCUT2D eigenvalue weighted by molar-refractivity contribution is 6.00. The van der Waals surface area contributed by atoms with Gasteiger partial charge in [-0.2, -0.15) is 0 Å². The maximum atomic E-state index is 12.2. The summed E-state index contributed by atoms with van der Waals surface area (Å²) in [4.78, 5) is 16.2. The lowest BCUT2D eigenvalue weighted by molar-refractivity contribution is 0.0990. The maximum Gasteiger partial charge on any atom is 0.171 e. The smallest absolute Gasteiger partial charge is 0.171 e. The number of benzene rings is 1. The fourth-order valence-electron chi connectivity index (χ4n) is 1.81. The van der Waals surface area contributed by atoms with Crippen molar-refractivity contribution in [2.24, 2.45) is 0 Å². The van der Waals surface area contributed by atoms with E-state index in [-0.39, 0.29) is 5.78 Å². The highest BCUT2D eigenvalue weighted by Crippen LogP contribution is 2.21. The first-order chi connectivity index (χ1) is 8.70. The van der Waals surface area contributed by atoms with E-state index in [1.165, 1.54) is 0 Å². The molecule has 0 radical (unpaired) electrons. The van der Waals surface area contributed by atoms with Crippen molar-refractivity contribution >= 4 is 5.78 Å². The number of aryl methyl sites for hydroxylation is 1. The number of pyridine rings is 1. The molecule has 0 aliphatic heterocycles. The van der Waals surface area contributed by atoms with Crippen LogP contribution in [0.4, 0.5) is 0 Å². The van der Waals surface area contributed by atoms with Crippen molar-refractivity contribution in [3.63, 3.8) is 0 Å². The van der Waals surface area contributed by atoms with Gasteiger partial charge in [0.05, 0.1) is 12.7 Å². The molecule has 0 saturated carbocycles. The van der Waals surface area contributed by atoms with Gasteiger partial charge in [0.1, 0.15) is 5.75 Å². The predicted molar refractivity (Wildman–Crippen MR) is 70.0 cm³/mol. The summed E-state index contributed by atoms with van der Waals surface area (Å²) in [6, 6.07) is 9.32. The third-order valence-corrected chi connectivity index (χ3v) is 2.74. The highest BCUT2D eigenvalue weighted by atomic mass is 16.5. The normalized spacial score (nSPS) is 10.1. The molecule has 3 nitrogen and oxygen atoms in total. The van der Waals surface area contributed by atoms with Crippen molar-refractivity contribution in [3.8, 4) is 5.75 Å². The molecule has 0 unspecified atom stereocenters. The number of carbonyl (C=O) groups excluding carboxylic acids is 1. The van der Waals surface area contributed by atoms with Gasteiger partial charge < -0.3 is 4.74 Å². The summed E-state index contributed by atoms with van der Waals surface area (Å²) in [6.07, 6.45) is 3.74. The summed E-state index contributed by atoms with van der Waals surface area (Å²) in [6.45, 7) is 1.97. The molecule has 3 heteroatoms. The van der Waals surface area contributed by atoms with Crippen molar-refractivity contribution in [2.75, 3.05) is 7.11 Å². The molecule has 0 bridgehead atoms. The Kier molecular flexibility index (Phi) is 3.72. The molecular weight excluding hydrogens is 226 g/mol. The standard InChI is InChI=1S/C15H15NO2/c1-11-5-6-13(15(8-11)18-2)14(17)9-12-4-3-7-16-10-12/h3-8,10H,9H2,1-2H3. The van der Waals surface area contributed by atoms with Crippen molar-refractivity contribution in [2.45, 2.75) is 13.3 Å². The zero-order chi connectivity index (χ0) is 13.0. The van der Waals surface area contributed by atoms with E-state index in [2.05, 4.69) is 4.98 Å². The predicted octanol–water partition coefficient (Wildman–Crippen LogP) is 2.82. The minimum atomic E-state index is 0.0415. The summed E-state index contributed by atoms with van der Waals surface area (Å²) in [5.41, 5.74) is 2.60. The molecule has 0 amide bonds. The van der Waals surface area contributed by atoms with Crippen LogP contribution in [0, 0.1) is 6.92 Å². The molecule has 1 aromatic carbocycles. The van der Waals surface area contributed by atoms with E-state index in [0.717, 1.165) is 11.1 Å². The van der Waals surface area contributed by atoms with Crippen molar-refractivity contribution < 1.29 is 9.53 Å². The van der Waals surface area contributed by atoms with E-state index >= 15 is 0 Å². The van der Waals surface area contributed by atoms with E-state index in [0.29, 0.717) is 17.7 Å². The van der Waals surface area contributed by atoms with Gasteiger partial charge in [0.2, 0.25) is 0 Å². The average molecular weight is 241 g/mol. The highest BCUT2D eigenvalue weighted by Gasteiger charge is 2.12. The SMILES string of the molecule is COc1cc(C)ccc1C(=O)Cc1cccnc1. The fourth-order valence-corrected chi connectivity index (χ4v) is 1.81. The first-order valence-corrected chi connectivity index (χ1v) is 5.77. The molecule has 92 valence electrons. The average Bonchev–Trinajstić information content (AvgIpc) is 2.39. The molecular formula is C15H15NO2. The van der Waals surface area contributed by atoms with Crippen molar-refractivity contribution in [1.29, 1.82) is 0 Å². The van der Waals surface area contributed by atoms with Crippen LogP contribution in [0.25, 0.3) is 0 Å². The van der Waals surface area contributed by atoms with E-state index < -0.39 is 0 Å². The van der Waals surface area contributed by atoms with E-state index in [4.69, 9.17) is 4.74 Å². The zero-order valence-electron chi connectivity index (χ0n) is 10.5. The largest absolute Gasteiger partial charge is 0.496 e. The van der Waals surface area contributed by atoms with E-state index in [1.54, 1.807) is 19.5 Å². The van der Waals surface area contributed by atoms with Crippen LogP contribution >= 0.6 is 0 Å². The fraction of sp³-hybridized carbons (Fsp3) is 0.200. The van der Waals surface area contributed by atoms with Gasteiger partial charge in [0.25, 0.3) is 0 Å². The van der Waals surface area contributed by atoms with Crippen LogP contribution in [0.15, 0.2) is 42.7 Å². The lowest BCUT2D eigenvalue weighted by Gasteiger charge is -2.08. The van der Waals surface area contributed by atoms with Crippen LogP contribution in [0.1, 0.15) is 21.5 Å². The van der Waals surface area contributed by atoms with E-state index in [9.17, 15) is 4.79 Å². The summed E-state index contributed by atoms with van der Waals surface area (Å²) in [7, 11) is 1.58. The molecule has 0 atom stereocenters. The Morgan fingerprint density at radius 3 is 2.83 bits per heavy atom. The minimum Gasteiger partial charge on any atom is -0.496 e. The molecule has 0 saturated heterocycles. The zero-order valence-corrected chi connectivity index (χ0v) is 10.5. The third kappa shape index (κ3) is 2.74. The lowest BCUT2D eigenvalue weighted by Crippen LogP contribution is -2.06. The second-order valence-electron chi connectivity index (χ2n) is 4.16. The van der Waals surface area contributed by atoms with Gasteiger partial charge in [-0.3, -0.25) is 9.78 Å². The number of nitrogens with zero attached hydrogens (tertiary/aromatic N) is 1. The number of hydrogen-bond donors (Lipinski definition) is 0. The summed E-state index contributed by atoms with van der Waals surface area (Å²) < 4.78 is 5.25. The van der Waals surface area contributed by atoms with Gasteiger partial charge >= 0.3 is 0 Å². The Morgan fingerprint density at radius 2 is 2.17 bits per heavy atom. The van der Waals surface area contributed by atoms with Gasteiger partial charge in [0, 0.05) is 18.8 Å². The van der Waals surface area contributed by atoms with Crippen LogP contribution in [0.5, 0.6) is 5.75 Å². The van der Waals surface area contributed by atoms with Gasteiger partial charge in [-0.25, -0.2) is 0 Å². The quantitative estimate of drug-likeness (QED) is 0.773. The molecule has 0 spiro atoms. The molecule has 2 aromatic rings. The summed E-state index contributed by atoms with van der Waals surface area (Å²) in [5.74, 6) is 0.670. The second kappa shape index (κ2) is 5.45. The summed E-state index contributed by atoms with van der Waals surface area (Å²) in [5, 5.41) is 0. The number of hydrogen-bond acceptors (Lipinski definition) is 3. The number of Topliss-reactive ketones (excluding diaryl/α,β-unsaturated/α-hetero) is 1. The van der Waals surface area contributed by atoms with Gasteiger partial charge in [-0.1, -0.05) is 12.1 Å². The molecule has 0 fully saturated rings. The van der Waals surface area contributed by atoms with E-state index in [1.807, 2.05) is 37.3 Å². The lowest BCUT2D eigenvalue weighted by atomic mass is 10.0. The number of ketones is 1. The molecule has 0 N–H and O–H groups in total. The van der Waals surface area contributed by atoms with Crippen LogP contribution in [-0.2, 0) is 6.42 Å². The Morgan fingerprint density at radius 1 is 1.33 bits per heavy atom. The van der Waals surface area contributed by atoms with Crippen LogP contribution < -0.4 is 4.74 Å². The first kappa shape index (κ1) is 12.3. The molecule has 0 aliphatic carbocycles. The van der Waals surface area contributed by atoms with Crippen molar-refractivity contribution in [1.82, 2.24) is 4.98 Å². The first-order valence-electron chi connectivity index (χ1n) is 5.77. The van der Waals surface area contributed by atoms with Crippen LogP contribution in [0.2, 0.25) is 0 Å². The second-order valence-corrected chi connectivity index (χ2v) is 4.16. The molecule has 18 heavy (non-hydrogen) atoms. The molecule has 0 aliphatic rings. The monoisotopic (exact) mass is 241 g/mol. The van der Waals surface area contributed by atoms with Crippen LogP contribution in [0.3, 0.4) is 0 Å². The maximum absolute atomic E-state index is 12.2. The summed E-state index contributed by atoms with van der Waals surface area (Å²) >= 11 is 0. The number of carbonyl (C=O) groups is 1. The third-order valence-electron chi connectivity index (χ3n) is 2.74. The Bertz CT molecular complexity index is 550.